The number of fused-ring (bicyclic) bond motifs is 1. The zero-order chi connectivity index (χ0) is 24.8. The molecule has 2 heterocycles. The van der Waals surface area contributed by atoms with Gasteiger partial charge in [0.2, 0.25) is 0 Å². The fraction of sp³-hybridized carbons (Fsp3) is 0.522. The first kappa shape index (κ1) is 24.2. The van der Waals surface area contributed by atoms with Gasteiger partial charge in [-0.1, -0.05) is 25.9 Å². The van der Waals surface area contributed by atoms with Crippen LogP contribution in [0.15, 0.2) is 22.6 Å². The summed E-state index contributed by atoms with van der Waals surface area (Å²) in [7, 11) is 0. The second kappa shape index (κ2) is 8.70. The van der Waals surface area contributed by atoms with Crippen molar-refractivity contribution < 1.29 is 27.8 Å². The molecule has 11 heteroatoms. The molecule has 4 N–H and O–H groups in total. The van der Waals surface area contributed by atoms with Gasteiger partial charge in [-0.3, -0.25) is 0 Å². The zero-order valence-electron chi connectivity index (χ0n) is 19.4. The number of nitrogens with one attached hydrogen (secondary N) is 2. The number of aliphatic hydroxyl groups excluding tert-OH is 2. The van der Waals surface area contributed by atoms with Crippen molar-refractivity contribution in [1.29, 1.82) is 0 Å². The summed E-state index contributed by atoms with van der Waals surface area (Å²) >= 11 is 0. The van der Waals surface area contributed by atoms with Crippen LogP contribution in [0.3, 0.4) is 0 Å². The minimum atomic E-state index is -4.33. The highest BCUT2D eigenvalue weighted by atomic mass is 19.4. The Hall–Kier alpha value is -2.92. The van der Waals surface area contributed by atoms with Crippen LogP contribution in [-0.2, 0) is 5.41 Å². The summed E-state index contributed by atoms with van der Waals surface area (Å²) in [6.45, 7) is 6.64. The number of rotatable bonds is 5. The van der Waals surface area contributed by atoms with Gasteiger partial charge in [-0.15, -0.1) is 5.10 Å². The van der Waals surface area contributed by atoms with Gasteiger partial charge in [0.15, 0.2) is 0 Å². The molecule has 3 aromatic rings. The molecule has 2 unspecified atom stereocenters. The number of alkyl halides is 3. The van der Waals surface area contributed by atoms with Gasteiger partial charge in [-0.05, 0) is 54.5 Å². The second-order valence-corrected chi connectivity index (χ2v) is 9.82. The van der Waals surface area contributed by atoms with Gasteiger partial charge in [-0.2, -0.15) is 13.2 Å². The normalized spacial score (nSPS) is 21.3. The molecule has 2 atom stereocenters. The molecular formula is C23H28F3N5O3. The summed E-state index contributed by atoms with van der Waals surface area (Å²) in [5, 5.41) is 33.7. The standard InChI is InChI=1S/C23H28F3N5O3/c1-11-5-16(20-30-31-21(34-20)28-13-8-17(32)18(33)9-13)29-19-14(11)6-12(27-10-23(24,25)26)7-15(19)22(2,3)4/h5-7,13,17-18,27,32-33H,8-10H2,1-4H3,(H,28,31). The van der Waals surface area contributed by atoms with Crippen molar-refractivity contribution in [2.24, 2.45) is 0 Å². The maximum absolute atomic E-state index is 12.7. The van der Waals surface area contributed by atoms with E-state index in [9.17, 15) is 23.4 Å². The van der Waals surface area contributed by atoms with Gasteiger partial charge in [0.1, 0.15) is 12.2 Å². The van der Waals surface area contributed by atoms with E-state index < -0.39 is 30.3 Å². The Balaban J connectivity index is 1.68. The quantitative estimate of drug-likeness (QED) is 0.431. The highest BCUT2D eigenvalue weighted by Gasteiger charge is 2.32. The number of anilines is 2. The van der Waals surface area contributed by atoms with Crippen molar-refractivity contribution in [2.45, 2.75) is 70.4 Å². The third-order valence-corrected chi connectivity index (χ3v) is 5.89. The van der Waals surface area contributed by atoms with Gasteiger partial charge in [0, 0.05) is 17.1 Å². The van der Waals surface area contributed by atoms with Gasteiger partial charge >= 0.3 is 12.2 Å². The first-order chi connectivity index (χ1) is 15.8. The number of aryl methyl sites for hydroxylation is 1. The lowest BCUT2D eigenvalue weighted by Crippen LogP contribution is -2.22. The summed E-state index contributed by atoms with van der Waals surface area (Å²) in [4.78, 5) is 4.74. The summed E-state index contributed by atoms with van der Waals surface area (Å²) in [6, 6.07) is 5.08. The molecule has 1 aromatic carbocycles. The molecule has 8 nitrogen and oxygen atoms in total. The van der Waals surface area contributed by atoms with Crippen molar-refractivity contribution >= 4 is 22.6 Å². The molecule has 0 amide bonds. The molecule has 0 radical (unpaired) electrons. The first-order valence-corrected chi connectivity index (χ1v) is 11.0. The number of hydrogen-bond acceptors (Lipinski definition) is 8. The number of pyridine rings is 1. The van der Waals surface area contributed by atoms with E-state index in [2.05, 4.69) is 20.8 Å². The number of halogens is 3. The van der Waals surface area contributed by atoms with Crippen LogP contribution in [-0.4, -0.2) is 56.4 Å². The van der Waals surface area contributed by atoms with Gasteiger partial charge in [0.05, 0.1) is 17.7 Å². The molecule has 2 aromatic heterocycles. The van der Waals surface area contributed by atoms with Crippen molar-refractivity contribution in [3.8, 4) is 11.6 Å². The lowest BCUT2D eigenvalue weighted by Gasteiger charge is -2.23. The largest absolute Gasteiger partial charge is 0.405 e. The topological polar surface area (TPSA) is 116 Å². The van der Waals surface area contributed by atoms with Crippen LogP contribution in [0.25, 0.3) is 22.5 Å². The minimum Gasteiger partial charge on any atom is -0.402 e. The predicted octanol–water partition coefficient (Wildman–Crippen LogP) is 4.16. The van der Waals surface area contributed by atoms with Crippen LogP contribution in [0.5, 0.6) is 0 Å². The van der Waals surface area contributed by atoms with Crippen molar-refractivity contribution in [2.75, 3.05) is 17.2 Å². The monoisotopic (exact) mass is 479 g/mol. The Bertz CT molecular complexity index is 1180. The second-order valence-electron chi connectivity index (χ2n) is 9.82. The van der Waals surface area contributed by atoms with E-state index in [0.29, 0.717) is 29.7 Å². The Labute approximate surface area is 194 Å². The highest BCUT2D eigenvalue weighted by molar-refractivity contribution is 5.90. The van der Waals surface area contributed by atoms with Crippen LogP contribution in [0.1, 0.15) is 44.7 Å². The van der Waals surface area contributed by atoms with Crippen LogP contribution in [0.4, 0.5) is 24.9 Å². The average molecular weight is 480 g/mol. The molecule has 34 heavy (non-hydrogen) atoms. The Morgan fingerprint density at radius 2 is 1.74 bits per heavy atom. The van der Waals surface area contributed by atoms with Crippen LogP contribution < -0.4 is 10.6 Å². The summed E-state index contributed by atoms with van der Waals surface area (Å²) in [5.41, 5.74) is 2.66. The van der Waals surface area contributed by atoms with E-state index in [4.69, 9.17) is 9.40 Å². The number of aliphatic hydroxyl groups is 2. The third kappa shape index (κ3) is 5.25. The number of hydrogen-bond donors (Lipinski definition) is 4. The molecular weight excluding hydrogens is 451 g/mol. The molecule has 1 saturated carbocycles. The molecule has 184 valence electrons. The Kier molecular flexibility index (Phi) is 6.19. The van der Waals surface area contributed by atoms with Crippen LogP contribution in [0.2, 0.25) is 0 Å². The molecule has 0 spiro atoms. The van der Waals surface area contributed by atoms with Gasteiger partial charge in [-0.25, -0.2) is 4.98 Å². The van der Waals surface area contributed by atoms with Gasteiger partial charge in [0.25, 0.3) is 5.89 Å². The fourth-order valence-corrected chi connectivity index (χ4v) is 4.15. The van der Waals surface area contributed by atoms with E-state index in [1.807, 2.05) is 27.7 Å². The predicted molar refractivity (Wildman–Crippen MR) is 122 cm³/mol. The van der Waals surface area contributed by atoms with Crippen LogP contribution >= 0.6 is 0 Å². The minimum absolute atomic E-state index is 0.156. The lowest BCUT2D eigenvalue weighted by atomic mass is 9.84. The molecule has 0 aliphatic heterocycles. The van der Waals surface area contributed by atoms with E-state index >= 15 is 0 Å². The molecule has 0 saturated heterocycles. The van der Waals surface area contributed by atoms with E-state index in [1.165, 1.54) is 0 Å². The summed E-state index contributed by atoms with van der Waals surface area (Å²) in [6.07, 6.45) is -5.18. The van der Waals surface area contributed by atoms with Crippen LogP contribution in [0, 0.1) is 6.92 Å². The number of aromatic nitrogens is 3. The van der Waals surface area contributed by atoms with E-state index in [1.54, 1.807) is 18.2 Å². The Morgan fingerprint density at radius 1 is 1.06 bits per heavy atom. The maximum Gasteiger partial charge on any atom is 0.405 e. The van der Waals surface area contributed by atoms with E-state index in [0.717, 1.165) is 16.5 Å². The van der Waals surface area contributed by atoms with Crippen molar-refractivity contribution in [3.05, 3.63) is 29.3 Å². The SMILES string of the molecule is Cc1cc(-c2nnc(NC3CC(O)C(O)C3)o2)nc2c(C(C)(C)C)cc(NCC(F)(F)F)cc12. The molecule has 1 fully saturated rings. The fourth-order valence-electron chi connectivity index (χ4n) is 4.15. The molecule has 1 aliphatic rings. The average Bonchev–Trinajstić information content (AvgIpc) is 3.31. The first-order valence-electron chi connectivity index (χ1n) is 11.0. The smallest absolute Gasteiger partial charge is 0.402 e. The Morgan fingerprint density at radius 3 is 2.35 bits per heavy atom. The van der Waals surface area contributed by atoms with Crippen molar-refractivity contribution in [3.63, 3.8) is 0 Å². The zero-order valence-corrected chi connectivity index (χ0v) is 19.4. The molecule has 1 aliphatic carbocycles. The lowest BCUT2D eigenvalue weighted by molar-refractivity contribution is -0.115. The highest BCUT2D eigenvalue weighted by Crippen LogP contribution is 2.36. The molecule has 4 rings (SSSR count). The summed E-state index contributed by atoms with van der Waals surface area (Å²) < 4.78 is 44.0. The maximum atomic E-state index is 12.7. The third-order valence-electron chi connectivity index (χ3n) is 5.89. The number of benzene rings is 1. The summed E-state index contributed by atoms with van der Waals surface area (Å²) in [5.74, 6) is 0.186. The van der Waals surface area contributed by atoms with E-state index in [-0.39, 0.29) is 17.9 Å². The number of nitrogens with zero attached hydrogens (tertiary/aromatic N) is 3. The molecule has 0 bridgehead atoms. The van der Waals surface area contributed by atoms with Gasteiger partial charge < -0.3 is 25.3 Å². The van der Waals surface area contributed by atoms with Crippen molar-refractivity contribution in [1.82, 2.24) is 15.2 Å².